The van der Waals surface area contributed by atoms with Gasteiger partial charge in [0.1, 0.15) is 0 Å². The summed E-state index contributed by atoms with van der Waals surface area (Å²) >= 11 is 0. The van der Waals surface area contributed by atoms with E-state index in [1.54, 1.807) is 0 Å². The van der Waals surface area contributed by atoms with E-state index in [0.717, 1.165) is 38.8 Å². The highest BCUT2D eigenvalue weighted by Crippen LogP contribution is 2.21. The lowest BCUT2D eigenvalue weighted by molar-refractivity contribution is -0.128. The fraction of sp³-hybridized carbons (Fsp3) is 0.933. The molecule has 2 N–H and O–H groups in total. The van der Waals surface area contributed by atoms with Crippen LogP contribution in [0.5, 0.6) is 0 Å². The van der Waals surface area contributed by atoms with Crippen LogP contribution >= 0.6 is 0 Å². The van der Waals surface area contributed by atoms with Crippen molar-refractivity contribution in [2.75, 3.05) is 13.1 Å². The molecule has 0 saturated carbocycles. The summed E-state index contributed by atoms with van der Waals surface area (Å²) in [6.07, 6.45) is 3.51. The molecule has 0 aliphatic carbocycles. The van der Waals surface area contributed by atoms with Crippen LogP contribution in [0.2, 0.25) is 0 Å². The van der Waals surface area contributed by atoms with E-state index < -0.39 is 0 Å². The maximum Gasteiger partial charge on any atom is 0.237 e. The third-order valence-corrected chi connectivity index (χ3v) is 4.51. The zero-order valence-electron chi connectivity index (χ0n) is 12.9. The Morgan fingerprint density at radius 2 is 2.00 bits per heavy atom. The molecule has 0 bridgehead atoms. The monoisotopic (exact) mass is 270 g/mol. The second kappa shape index (κ2) is 7.85. The zero-order chi connectivity index (χ0) is 14.4. The summed E-state index contributed by atoms with van der Waals surface area (Å²) in [4.78, 5) is 14.4. The Labute approximate surface area is 117 Å². The van der Waals surface area contributed by atoms with Gasteiger partial charge in [-0.1, -0.05) is 20.8 Å². The van der Waals surface area contributed by atoms with E-state index in [9.17, 15) is 9.90 Å². The Hall–Kier alpha value is -0.610. The van der Waals surface area contributed by atoms with Crippen molar-refractivity contribution in [2.24, 2.45) is 5.92 Å². The van der Waals surface area contributed by atoms with E-state index in [2.05, 4.69) is 31.0 Å². The summed E-state index contributed by atoms with van der Waals surface area (Å²) in [6, 6.07) is 0.189. The Balaban J connectivity index is 2.52. The van der Waals surface area contributed by atoms with Gasteiger partial charge in [-0.3, -0.25) is 9.69 Å². The molecule has 4 heteroatoms. The molecule has 1 heterocycles. The number of piperidine rings is 1. The van der Waals surface area contributed by atoms with Crippen LogP contribution in [0.15, 0.2) is 0 Å². The smallest absolute Gasteiger partial charge is 0.237 e. The molecule has 0 aromatic carbocycles. The first-order valence-corrected chi connectivity index (χ1v) is 7.75. The molecule has 1 saturated heterocycles. The summed E-state index contributed by atoms with van der Waals surface area (Å²) in [5, 5.41) is 13.0. The second-order valence-electron chi connectivity index (χ2n) is 5.72. The molecule has 4 nitrogen and oxygen atoms in total. The van der Waals surface area contributed by atoms with Crippen molar-refractivity contribution in [2.45, 2.75) is 71.6 Å². The molecular weight excluding hydrogens is 240 g/mol. The van der Waals surface area contributed by atoms with Gasteiger partial charge in [-0.25, -0.2) is 0 Å². The molecule has 3 atom stereocenters. The third-order valence-electron chi connectivity index (χ3n) is 4.51. The maximum atomic E-state index is 12.2. The molecule has 1 fully saturated rings. The average Bonchev–Trinajstić information content (AvgIpc) is 2.44. The van der Waals surface area contributed by atoms with Crippen molar-refractivity contribution < 1.29 is 9.90 Å². The van der Waals surface area contributed by atoms with E-state index in [1.807, 2.05) is 6.92 Å². The number of aliphatic hydroxyl groups excluding tert-OH is 1. The maximum absolute atomic E-state index is 12.2. The van der Waals surface area contributed by atoms with Gasteiger partial charge < -0.3 is 10.4 Å². The van der Waals surface area contributed by atoms with Crippen LogP contribution in [0.1, 0.15) is 53.4 Å². The molecule has 19 heavy (non-hydrogen) atoms. The van der Waals surface area contributed by atoms with Crippen LogP contribution in [-0.2, 0) is 4.79 Å². The predicted molar refractivity (Wildman–Crippen MR) is 78.0 cm³/mol. The number of aliphatic hydroxyl groups is 1. The minimum atomic E-state index is -0.199. The van der Waals surface area contributed by atoms with Gasteiger partial charge in [0.15, 0.2) is 0 Å². The van der Waals surface area contributed by atoms with Crippen LogP contribution in [0.25, 0.3) is 0 Å². The Morgan fingerprint density at radius 3 is 2.53 bits per heavy atom. The van der Waals surface area contributed by atoms with Crippen LogP contribution < -0.4 is 5.32 Å². The van der Waals surface area contributed by atoms with Crippen molar-refractivity contribution in [1.82, 2.24) is 10.2 Å². The molecule has 1 amide bonds. The molecule has 0 spiro atoms. The third kappa shape index (κ3) is 4.46. The summed E-state index contributed by atoms with van der Waals surface area (Å²) < 4.78 is 0. The van der Waals surface area contributed by atoms with Crippen molar-refractivity contribution in [3.8, 4) is 0 Å². The first kappa shape index (κ1) is 16.4. The SMILES string of the molecule is CCC(CC)NC(=O)C(C)N1CCC(O)C(CC)C1. The Morgan fingerprint density at radius 1 is 1.37 bits per heavy atom. The molecule has 112 valence electrons. The standard InChI is InChI=1S/C15H30N2O2/c1-5-12-10-17(9-8-14(12)18)11(4)15(19)16-13(6-2)7-3/h11-14,18H,5-10H2,1-4H3,(H,16,19). The number of nitrogens with one attached hydrogen (secondary N) is 1. The molecule has 0 aromatic heterocycles. The average molecular weight is 270 g/mol. The van der Waals surface area contributed by atoms with E-state index in [1.165, 1.54) is 0 Å². The van der Waals surface area contributed by atoms with Gasteiger partial charge in [0.25, 0.3) is 0 Å². The molecule has 1 aliphatic heterocycles. The quantitative estimate of drug-likeness (QED) is 0.773. The summed E-state index contributed by atoms with van der Waals surface area (Å²) in [7, 11) is 0. The predicted octanol–water partition coefficient (Wildman–Crippen LogP) is 1.77. The fourth-order valence-electron chi connectivity index (χ4n) is 2.78. The van der Waals surface area contributed by atoms with Gasteiger partial charge in [-0.15, -0.1) is 0 Å². The summed E-state index contributed by atoms with van der Waals surface area (Å²) in [5.74, 6) is 0.428. The van der Waals surface area contributed by atoms with Gasteiger partial charge in [0, 0.05) is 19.1 Å². The van der Waals surface area contributed by atoms with Gasteiger partial charge >= 0.3 is 0 Å². The number of carbonyl (C=O) groups excluding carboxylic acids is 1. The van der Waals surface area contributed by atoms with E-state index in [0.29, 0.717) is 5.92 Å². The van der Waals surface area contributed by atoms with E-state index in [4.69, 9.17) is 0 Å². The van der Waals surface area contributed by atoms with Gasteiger partial charge in [-0.05, 0) is 38.5 Å². The molecule has 1 rings (SSSR count). The Kier molecular flexibility index (Phi) is 6.80. The highest BCUT2D eigenvalue weighted by atomic mass is 16.3. The molecule has 1 aliphatic rings. The lowest BCUT2D eigenvalue weighted by atomic mass is 9.91. The molecule has 0 aromatic rings. The first-order chi connectivity index (χ1) is 9.03. The minimum absolute atomic E-state index is 0.0952. The molecule has 0 radical (unpaired) electrons. The number of likely N-dealkylation sites (tertiary alicyclic amines) is 1. The number of nitrogens with zero attached hydrogens (tertiary/aromatic N) is 1. The summed E-state index contributed by atoms with van der Waals surface area (Å²) in [6.45, 7) is 9.92. The second-order valence-corrected chi connectivity index (χ2v) is 5.72. The number of amides is 1. The number of carbonyl (C=O) groups is 1. The largest absolute Gasteiger partial charge is 0.393 e. The van der Waals surface area contributed by atoms with Crippen LogP contribution in [0.4, 0.5) is 0 Å². The first-order valence-electron chi connectivity index (χ1n) is 7.75. The number of hydrogen-bond donors (Lipinski definition) is 2. The number of hydrogen-bond acceptors (Lipinski definition) is 3. The number of rotatable bonds is 6. The van der Waals surface area contributed by atoms with Crippen molar-refractivity contribution in [3.63, 3.8) is 0 Å². The highest BCUT2D eigenvalue weighted by Gasteiger charge is 2.31. The van der Waals surface area contributed by atoms with Gasteiger partial charge in [0.2, 0.25) is 5.91 Å². The lowest BCUT2D eigenvalue weighted by Crippen LogP contribution is -2.53. The molecule has 3 unspecified atom stereocenters. The lowest BCUT2D eigenvalue weighted by Gasteiger charge is -2.38. The van der Waals surface area contributed by atoms with Crippen molar-refractivity contribution >= 4 is 5.91 Å². The minimum Gasteiger partial charge on any atom is -0.393 e. The van der Waals surface area contributed by atoms with Gasteiger partial charge in [-0.2, -0.15) is 0 Å². The van der Waals surface area contributed by atoms with Gasteiger partial charge in [0.05, 0.1) is 12.1 Å². The van der Waals surface area contributed by atoms with E-state index in [-0.39, 0.29) is 24.1 Å². The normalized spacial score (nSPS) is 26.4. The van der Waals surface area contributed by atoms with Crippen LogP contribution in [-0.4, -0.2) is 47.2 Å². The Bertz CT molecular complexity index is 279. The van der Waals surface area contributed by atoms with Crippen LogP contribution in [0.3, 0.4) is 0 Å². The highest BCUT2D eigenvalue weighted by molar-refractivity contribution is 5.81. The van der Waals surface area contributed by atoms with E-state index >= 15 is 0 Å². The van der Waals surface area contributed by atoms with Crippen molar-refractivity contribution in [1.29, 1.82) is 0 Å². The molecular formula is C15H30N2O2. The topological polar surface area (TPSA) is 52.6 Å². The van der Waals surface area contributed by atoms with Crippen LogP contribution in [0, 0.1) is 5.92 Å². The van der Waals surface area contributed by atoms with Crippen molar-refractivity contribution in [3.05, 3.63) is 0 Å². The summed E-state index contributed by atoms with van der Waals surface area (Å²) in [5.41, 5.74) is 0. The zero-order valence-corrected chi connectivity index (χ0v) is 12.9. The fourth-order valence-corrected chi connectivity index (χ4v) is 2.78.